The molecule has 1 fully saturated rings. The number of carbonyl (C=O) groups is 3. The first kappa shape index (κ1) is 23.9. The number of nitrogens with one attached hydrogen (secondary N) is 2. The SMILES string of the molecule is COC(=O)NC(=O)c1c(NC(=O)C2CCN(S(=O)(=O)c3cccs3)CC2)sc2c1CCCC2. The Morgan fingerprint density at radius 3 is 2.55 bits per heavy atom. The van der Waals surface area contributed by atoms with Crippen molar-refractivity contribution in [3.05, 3.63) is 33.5 Å². The van der Waals surface area contributed by atoms with E-state index < -0.39 is 22.0 Å². The molecule has 9 nitrogen and oxygen atoms in total. The van der Waals surface area contributed by atoms with Crippen LogP contribution in [0.2, 0.25) is 0 Å². The van der Waals surface area contributed by atoms with Crippen molar-refractivity contribution in [2.75, 3.05) is 25.5 Å². The van der Waals surface area contributed by atoms with Crippen LogP contribution < -0.4 is 10.6 Å². The lowest BCUT2D eigenvalue weighted by Gasteiger charge is -2.30. The van der Waals surface area contributed by atoms with E-state index in [0.29, 0.717) is 34.0 Å². The number of aryl methyl sites for hydroxylation is 1. The maximum atomic E-state index is 13.0. The molecule has 12 heteroatoms. The van der Waals surface area contributed by atoms with Gasteiger partial charge in [-0.3, -0.25) is 14.9 Å². The van der Waals surface area contributed by atoms with Gasteiger partial charge in [-0.2, -0.15) is 4.31 Å². The van der Waals surface area contributed by atoms with Gasteiger partial charge in [0.25, 0.3) is 15.9 Å². The molecule has 3 heterocycles. The summed E-state index contributed by atoms with van der Waals surface area (Å²) in [7, 11) is -2.36. The third kappa shape index (κ3) is 4.98. The summed E-state index contributed by atoms with van der Waals surface area (Å²) in [5.41, 5.74) is 1.20. The number of hydrogen-bond acceptors (Lipinski definition) is 8. The fraction of sp³-hybridized carbons (Fsp3) is 0.476. The van der Waals surface area contributed by atoms with Crippen molar-refractivity contribution in [2.45, 2.75) is 42.7 Å². The number of fused-ring (bicyclic) bond motifs is 1. The van der Waals surface area contributed by atoms with Gasteiger partial charge in [0, 0.05) is 23.9 Å². The number of imide groups is 1. The number of piperidine rings is 1. The Kier molecular flexibility index (Phi) is 7.17. The van der Waals surface area contributed by atoms with E-state index in [-0.39, 0.29) is 24.9 Å². The quantitative estimate of drug-likeness (QED) is 0.636. The van der Waals surface area contributed by atoms with Crippen LogP contribution in [0.15, 0.2) is 21.7 Å². The fourth-order valence-electron chi connectivity index (χ4n) is 4.21. The first-order chi connectivity index (χ1) is 15.8. The first-order valence-electron chi connectivity index (χ1n) is 10.7. The highest BCUT2D eigenvalue weighted by Crippen LogP contribution is 2.39. The van der Waals surface area contributed by atoms with Crippen molar-refractivity contribution in [3.8, 4) is 0 Å². The molecular formula is C21H25N3O6S3. The van der Waals surface area contributed by atoms with Crippen LogP contribution in [-0.2, 0) is 32.4 Å². The Balaban J connectivity index is 1.46. The number of rotatable bonds is 5. The van der Waals surface area contributed by atoms with Crippen LogP contribution >= 0.6 is 22.7 Å². The Morgan fingerprint density at radius 1 is 1.15 bits per heavy atom. The average molecular weight is 512 g/mol. The summed E-state index contributed by atoms with van der Waals surface area (Å²) in [6, 6.07) is 3.28. The van der Waals surface area contributed by atoms with Gasteiger partial charge >= 0.3 is 6.09 Å². The highest BCUT2D eigenvalue weighted by Gasteiger charge is 2.34. The van der Waals surface area contributed by atoms with Gasteiger partial charge in [-0.05, 0) is 55.5 Å². The van der Waals surface area contributed by atoms with Crippen molar-refractivity contribution in [1.29, 1.82) is 0 Å². The molecule has 2 N–H and O–H groups in total. The van der Waals surface area contributed by atoms with Gasteiger partial charge in [0.05, 0.1) is 12.7 Å². The lowest BCUT2D eigenvalue weighted by atomic mass is 9.94. The number of thiophene rings is 2. The number of anilines is 1. The summed E-state index contributed by atoms with van der Waals surface area (Å²) >= 11 is 2.55. The molecule has 2 aromatic rings. The van der Waals surface area contributed by atoms with E-state index >= 15 is 0 Å². The molecule has 1 saturated heterocycles. The number of alkyl carbamates (subject to hydrolysis) is 1. The lowest BCUT2D eigenvalue weighted by molar-refractivity contribution is -0.120. The summed E-state index contributed by atoms with van der Waals surface area (Å²) in [6.45, 7) is 0.518. The Bertz CT molecular complexity index is 1150. The van der Waals surface area contributed by atoms with Gasteiger partial charge in [0.2, 0.25) is 5.91 Å². The van der Waals surface area contributed by atoms with Crippen molar-refractivity contribution >= 4 is 55.6 Å². The van der Waals surface area contributed by atoms with Gasteiger partial charge in [-0.15, -0.1) is 22.7 Å². The smallest absolute Gasteiger partial charge is 0.413 e. The summed E-state index contributed by atoms with van der Waals surface area (Å²) in [5, 5.41) is 7.24. The van der Waals surface area contributed by atoms with E-state index in [1.54, 1.807) is 17.5 Å². The average Bonchev–Trinajstić information content (AvgIpc) is 3.47. The van der Waals surface area contributed by atoms with E-state index in [2.05, 4.69) is 15.4 Å². The first-order valence-corrected chi connectivity index (χ1v) is 13.8. The molecule has 3 amide bonds. The fourth-order valence-corrected chi connectivity index (χ4v) is 8.11. The van der Waals surface area contributed by atoms with Gasteiger partial charge in [0.15, 0.2) is 0 Å². The summed E-state index contributed by atoms with van der Waals surface area (Å²) in [5.74, 6) is -1.20. The molecule has 0 atom stereocenters. The van der Waals surface area contributed by atoms with Gasteiger partial charge in [-0.25, -0.2) is 13.2 Å². The molecule has 178 valence electrons. The molecular weight excluding hydrogens is 486 g/mol. The van der Waals surface area contributed by atoms with E-state index in [1.165, 1.54) is 34.1 Å². The standard InChI is InChI=1S/C21H25N3O6S3/c1-30-21(27)23-19(26)17-14-5-2-3-6-15(14)32-20(17)22-18(25)13-8-10-24(11-9-13)33(28,29)16-7-4-12-31-16/h4,7,12-13H,2-3,5-6,8-11H2,1H3,(H,22,25)(H,23,26,27). The zero-order valence-corrected chi connectivity index (χ0v) is 20.5. The van der Waals surface area contributed by atoms with Gasteiger partial charge in [-0.1, -0.05) is 6.07 Å². The van der Waals surface area contributed by atoms with Crippen LogP contribution in [0, 0.1) is 5.92 Å². The Hall–Kier alpha value is -2.28. The number of nitrogens with zero attached hydrogens (tertiary/aromatic N) is 1. The second kappa shape index (κ2) is 9.92. The second-order valence-electron chi connectivity index (χ2n) is 7.96. The van der Waals surface area contributed by atoms with E-state index in [1.807, 2.05) is 0 Å². The molecule has 4 rings (SSSR count). The molecule has 33 heavy (non-hydrogen) atoms. The van der Waals surface area contributed by atoms with E-state index in [4.69, 9.17) is 0 Å². The van der Waals surface area contributed by atoms with Crippen LogP contribution in [0.3, 0.4) is 0 Å². The normalized spacial score (nSPS) is 17.2. The number of sulfonamides is 1. The number of ether oxygens (including phenoxy) is 1. The molecule has 0 bridgehead atoms. The lowest BCUT2D eigenvalue weighted by Crippen LogP contribution is -2.41. The number of hydrogen-bond donors (Lipinski definition) is 2. The Morgan fingerprint density at radius 2 is 1.88 bits per heavy atom. The third-order valence-electron chi connectivity index (χ3n) is 5.95. The van der Waals surface area contributed by atoms with Crippen LogP contribution in [-0.4, -0.2) is 50.8 Å². The molecule has 2 aliphatic rings. The second-order valence-corrected chi connectivity index (χ2v) is 12.2. The summed E-state index contributed by atoms with van der Waals surface area (Å²) < 4.78 is 31.7. The zero-order valence-electron chi connectivity index (χ0n) is 18.1. The zero-order chi connectivity index (χ0) is 23.6. The van der Waals surface area contributed by atoms with Crippen molar-refractivity contribution < 1.29 is 27.5 Å². The topological polar surface area (TPSA) is 122 Å². The predicted octanol–water partition coefficient (Wildman–Crippen LogP) is 3.22. The minimum absolute atomic E-state index is 0.242. The van der Waals surface area contributed by atoms with Crippen LogP contribution in [0.25, 0.3) is 0 Å². The van der Waals surface area contributed by atoms with Crippen LogP contribution in [0.1, 0.15) is 46.5 Å². The third-order valence-corrected chi connectivity index (χ3v) is 10.4. The highest BCUT2D eigenvalue weighted by molar-refractivity contribution is 7.91. The maximum absolute atomic E-state index is 13.0. The highest BCUT2D eigenvalue weighted by atomic mass is 32.2. The van der Waals surface area contributed by atoms with Crippen molar-refractivity contribution in [1.82, 2.24) is 9.62 Å². The number of carbonyl (C=O) groups excluding carboxylic acids is 3. The molecule has 0 aromatic carbocycles. The minimum atomic E-state index is -3.54. The number of amides is 3. The molecule has 0 saturated carbocycles. The maximum Gasteiger partial charge on any atom is 0.413 e. The summed E-state index contributed by atoms with van der Waals surface area (Å²) in [4.78, 5) is 38.4. The molecule has 1 aliphatic heterocycles. The van der Waals surface area contributed by atoms with E-state index in [0.717, 1.165) is 29.7 Å². The molecule has 2 aromatic heterocycles. The molecule has 0 radical (unpaired) electrons. The summed E-state index contributed by atoms with van der Waals surface area (Å²) in [6.07, 6.45) is 3.42. The number of methoxy groups -OCH3 is 1. The van der Waals surface area contributed by atoms with E-state index in [9.17, 15) is 22.8 Å². The van der Waals surface area contributed by atoms with Crippen LogP contribution in [0.5, 0.6) is 0 Å². The minimum Gasteiger partial charge on any atom is -0.453 e. The molecule has 0 spiro atoms. The van der Waals surface area contributed by atoms with Gasteiger partial charge in [0.1, 0.15) is 9.21 Å². The van der Waals surface area contributed by atoms with Crippen molar-refractivity contribution in [2.24, 2.45) is 5.92 Å². The molecule has 0 unspecified atom stereocenters. The predicted molar refractivity (Wildman–Crippen MR) is 125 cm³/mol. The largest absolute Gasteiger partial charge is 0.453 e. The van der Waals surface area contributed by atoms with Crippen molar-refractivity contribution in [3.63, 3.8) is 0 Å². The van der Waals surface area contributed by atoms with Gasteiger partial charge < -0.3 is 10.1 Å². The Labute approximate surface area is 200 Å². The van der Waals surface area contributed by atoms with Crippen LogP contribution in [0.4, 0.5) is 9.80 Å². The molecule has 1 aliphatic carbocycles. The monoisotopic (exact) mass is 511 g/mol.